The van der Waals surface area contributed by atoms with E-state index in [9.17, 15) is 19.5 Å². The second kappa shape index (κ2) is 7.96. The number of aromatic hydroxyl groups is 1. The molecule has 7 nitrogen and oxygen atoms in total. The van der Waals surface area contributed by atoms with Crippen molar-refractivity contribution in [3.05, 3.63) is 71.8 Å². The van der Waals surface area contributed by atoms with Crippen molar-refractivity contribution in [2.45, 2.75) is 25.4 Å². The number of hydrogen-bond donors (Lipinski definition) is 3. The Morgan fingerprint density at radius 3 is 2.43 bits per heavy atom. The maximum absolute atomic E-state index is 13.1. The number of carbonyl (C=O) groups is 3. The molecule has 7 heteroatoms. The first-order valence-electron chi connectivity index (χ1n) is 8.85. The molecule has 0 aromatic heterocycles. The molecule has 0 bridgehead atoms. The van der Waals surface area contributed by atoms with Gasteiger partial charge in [0.15, 0.2) is 0 Å². The molecule has 1 saturated carbocycles. The van der Waals surface area contributed by atoms with Gasteiger partial charge in [-0.25, -0.2) is 0 Å². The number of rotatable bonds is 7. The van der Waals surface area contributed by atoms with E-state index >= 15 is 0 Å². The van der Waals surface area contributed by atoms with Crippen molar-refractivity contribution < 1.29 is 19.5 Å². The highest BCUT2D eigenvalue weighted by Gasteiger charge is 2.34. The quantitative estimate of drug-likeness (QED) is 0.506. The second-order valence-corrected chi connectivity index (χ2v) is 6.65. The second-order valence-electron chi connectivity index (χ2n) is 6.65. The Morgan fingerprint density at radius 1 is 1.18 bits per heavy atom. The Balaban J connectivity index is 1.83. The molecule has 0 unspecified atom stereocenters. The lowest BCUT2D eigenvalue weighted by Gasteiger charge is -2.23. The van der Waals surface area contributed by atoms with Gasteiger partial charge in [-0.3, -0.25) is 14.4 Å². The summed E-state index contributed by atoms with van der Waals surface area (Å²) in [5.41, 5.74) is 7.01. The van der Waals surface area contributed by atoms with E-state index in [4.69, 9.17) is 5.73 Å². The van der Waals surface area contributed by atoms with E-state index in [0.29, 0.717) is 17.8 Å². The Morgan fingerprint density at radius 2 is 1.86 bits per heavy atom. The molecule has 0 aliphatic heterocycles. The van der Waals surface area contributed by atoms with Crippen LogP contribution < -0.4 is 11.1 Å². The van der Waals surface area contributed by atoms with Gasteiger partial charge in [0, 0.05) is 23.8 Å². The maximum atomic E-state index is 13.1. The van der Waals surface area contributed by atoms with Crippen molar-refractivity contribution in [2.75, 3.05) is 5.32 Å². The van der Waals surface area contributed by atoms with E-state index in [-0.39, 0.29) is 23.3 Å². The van der Waals surface area contributed by atoms with Crippen LogP contribution in [0.1, 0.15) is 39.1 Å². The van der Waals surface area contributed by atoms with Gasteiger partial charge in [-0.15, -0.1) is 0 Å². The van der Waals surface area contributed by atoms with Crippen LogP contribution in [0.2, 0.25) is 0 Å². The van der Waals surface area contributed by atoms with Gasteiger partial charge in [-0.1, -0.05) is 18.7 Å². The minimum absolute atomic E-state index is 0.0918. The number of hydrogen-bond acceptors (Lipinski definition) is 4. The van der Waals surface area contributed by atoms with E-state index in [1.807, 2.05) is 0 Å². The first kappa shape index (κ1) is 19.2. The third-order valence-corrected chi connectivity index (χ3v) is 4.52. The zero-order valence-corrected chi connectivity index (χ0v) is 15.2. The van der Waals surface area contributed by atoms with Gasteiger partial charge in [0.2, 0.25) is 11.8 Å². The molecule has 3 rings (SSSR count). The number of benzene rings is 2. The number of phenols is 1. The number of nitrogens with zero attached hydrogens (tertiary/aromatic N) is 1. The lowest BCUT2D eigenvalue weighted by Crippen LogP contribution is -2.32. The van der Waals surface area contributed by atoms with Crippen LogP contribution in [0.15, 0.2) is 55.1 Å². The molecule has 1 aliphatic rings. The minimum Gasteiger partial charge on any atom is -0.507 e. The average molecular weight is 379 g/mol. The first-order valence-corrected chi connectivity index (χ1v) is 8.85. The van der Waals surface area contributed by atoms with Crippen molar-refractivity contribution in [3.63, 3.8) is 0 Å². The van der Waals surface area contributed by atoms with Crippen LogP contribution in [-0.4, -0.2) is 33.8 Å². The van der Waals surface area contributed by atoms with Crippen molar-refractivity contribution in [1.29, 1.82) is 0 Å². The van der Waals surface area contributed by atoms with Crippen LogP contribution in [-0.2, 0) is 11.3 Å². The molecule has 144 valence electrons. The molecule has 28 heavy (non-hydrogen) atoms. The molecule has 0 atom stereocenters. The molecule has 1 aliphatic carbocycles. The van der Waals surface area contributed by atoms with Crippen LogP contribution in [0.4, 0.5) is 5.69 Å². The Hall–Kier alpha value is -3.61. The molecule has 0 saturated heterocycles. The van der Waals surface area contributed by atoms with Crippen molar-refractivity contribution >= 4 is 23.4 Å². The molecule has 0 spiro atoms. The number of phenolic OH excluding ortho intramolecular Hbond substituents is 1. The van der Waals surface area contributed by atoms with Gasteiger partial charge < -0.3 is 21.1 Å². The van der Waals surface area contributed by atoms with E-state index < -0.39 is 11.8 Å². The Labute approximate surface area is 162 Å². The van der Waals surface area contributed by atoms with E-state index in [1.165, 1.54) is 18.2 Å². The molecule has 2 aromatic carbocycles. The third kappa shape index (κ3) is 4.37. The number of carbonyl (C=O) groups excluding carboxylic acids is 3. The normalized spacial score (nSPS) is 12.9. The maximum Gasteiger partial charge on any atom is 0.258 e. The fraction of sp³-hybridized carbons (Fsp3) is 0.190. The lowest BCUT2D eigenvalue weighted by molar-refractivity contribution is -0.111. The summed E-state index contributed by atoms with van der Waals surface area (Å²) in [6.07, 6.45) is 2.90. The monoisotopic (exact) mass is 379 g/mol. The fourth-order valence-corrected chi connectivity index (χ4v) is 2.86. The van der Waals surface area contributed by atoms with Gasteiger partial charge in [0.05, 0.1) is 5.56 Å². The summed E-state index contributed by atoms with van der Waals surface area (Å²) in [4.78, 5) is 37.5. The summed E-state index contributed by atoms with van der Waals surface area (Å²) in [7, 11) is 0. The van der Waals surface area contributed by atoms with E-state index in [2.05, 4.69) is 11.9 Å². The zero-order valence-electron chi connectivity index (χ0n) is 15.2. The summed E-state index contributed by atoms with van der Waals surface area (Å²) in [5, 5.41) is 12.8. The Kier molecular flexibility index (Phi) is 5.44. The molecular formula is C21H21N3O4. The van der Waals surface area contributed by atoms with Crippen LogP contribution in [0.3, 0.4) is 0 Å². The third-order valence-electron chi connectivity index (χ3n) is 4.52. The highest BCUT2D eigenvalue weighted by molar-refractivity contribution is 6.02. The zero-order chi connectivity index (χ0) is 20.3. The molecule has 3 amide bonds. The van der Waals surface area contributed by atoms with Crippen molar-refractivity contribution in [3.8, 4) is 5.75 Å². The van der Waals surface area contributed by atoms with E-state index in [0.717, 1.165) is 24.5 Å². The number of anilines is 1. The summed E-state index contributed by atoms with van der Waals surface area (Å²) in [6, 6.07) is 11.2. The van der Waals surface area contributed by atoms with Gasteiger partial charge in [-0.2, -0.15) is 0 Å². The van der Waals surface area contributed by atoms with Gasteiger partial charge >= 0.3 is 0 Å². The van der Waals surface area contributed by atoms with E-state index in [1.54, 1.807) is 29.2 Å². The van der Waals surface area contributed by atoms with Crippen molar-refractivity contribution in [1.82, 2.24) is 4.90 Å². The van der Waals surface area contributed by atoms with Crippen LogP contribution in [0.25, 0.3) is 0 Å². The average Bonchev–Trinajstić information content (AvgIpc) is 3.52. The predicted molar refractivity (Wildman–Crippen MR) is 105 cm³/mol. The number of primary amides is 1. The van der Waals surface area contributed by atoms with Crippen LogP contribution in [0.5, 0.6) is 5.75 Å². The first-order chi connectivity index (χ1) is 13.4. The van der Waals surface area contributed by atoms with Gasteiger partial charge in [0.1, 0.15) is 5.75 Å². The fourth-order valence-electron chi connectivity index (χ4n) is 2.86. The van der Waals surface area contributed by atoms with Gasteiger partial charge in [0.25, 0.3) is 5.91 Å². The largest absolute Gasteiger partial charge is 0.507 e. The highest BCUT2D eigenvalue weighted by atomic mass is 16.3. The van der Waals surface area contributed by atoms with Crippen LogP contribution >= 0.6 is 0 Å². The number of nitrogens with one attached hydrogen (secondary N) is 1. The summed E-state index contributed by atoms with van der Waals surface area (Å²) in [6.45, 7) is 3.73. The lowest BCUT2D eigenvalue weighted by atomic mass is 10.1. The molecule has 0 heterocycles. The summed E-state index contributed by atoms with van der Waals surface area (Å²) >= 11 is 0. The summed E-state index contributed by atoms with van der Waals surface area (Å²) < 4.78 is 0. The van der Waals surface area contributed by atoms with Gasteiger partial charge in [-0.05, 0) is 54.8 Å². The SMILES string of the molecule is C=CC(=O)Nc1ccc(O)c(C(=O)N(Cc2ccc(C(N)=O)cc2)C2CC2)c1. The smallest absolute Gasteiger partial charge is 0.258 e. The predicted octanol–water partition coefficient (Wildman–Crippen LogP) is 2.42. The molecular weight excluding hydrogens is 358 g/mol. The molecule has 0 radical (unpaired) electrons. The Bertz CT molecular complexity index is 933. The number of nitrogens with two attached hydrogens (primary N) is 1. The standard InChI is InChI=1S/C21H21N3O4/c1-2-19(26)23-15-7-10-18(25)17(11-15)21(28)24(16-8-9-16)12-13-3-5-14(6-4-13)20(22)27/h2-7,10-11,16,25H,1,8-9,12H2,(H2,22,27)(H,23,26). The summed E-state index contributed by atoms with van der Waals surface area (Å²) in [5.74, 6) is -1.40. The number of amides is 3. The molecule has 1 fully saturated rings. The minimum atomic E-state index is -0.509. The molecule has 4 N–H and O–H groups in total. The van der Waals surface area contributed by atoms with Crippen molar-refractivity contribution in [2.24, 2.45) is 5.73 Å². The van der Waals surface area contributed by atoms with Crippen LogP contribution in [0, 0.1) is 0 Å². The topological polar surface area (TPSA) is 113 Å². The molecule has 2 aromatic rings. The highest BCUT2D eigenvalue weighted by Crippen LogP contribution is 2.32.